The molecule has 3 nitrogen and oxygen atoms in total. The van der Waals surface area contributed by atoms with Gasteiger partial charge in [-0.3, -0.25) is 0 Å². The lowest BCUT2D eigenvalue weighted by Gasteiger charge is -2.19. The minimum absolute atomic E-state index is 0.194. The molecule has 2 rings (SSSR count). The summed E-state index contributed by atoms with van der Waals surface area (Å²) in [6, 6.07) is 0. The highest BCUT2D eigenvalue weighted by atomic mass is 16.5. The monoisotopic (exact) mass is 189 g/mol. The highest BCUT2D eigenvalue weighted by Crippen LogP contribution is 2.24. The minimum Gasteiger partial charge on any atom is -0.505 e. The maximum atomic E-state index is 9.65. The Labute approximate surface area is 82.4 Å². The largest absolute Gasteiger partial charge is 0.505 e. The van der Waals surface area contributed by atoms with E-state index in [4.69, 9.17) is 4.74 Å². The number of likely N-dealkylation sites (N-methyl/N-ethyl adjacent to an activating group) is 1. The highest BCUT2D eigenvalue weighted by molar-refractivity contribution is 5.43. The van der Waals surface area contributed by atoms with Gasteiger partial charge >= 0.3 is 0 Å². The van der Waals surface area contributed by atoms with Gasteiger partial charge in [-0.1, -0.05) is 18.2 Å². The van der Waals surface area contributed by atoms with Crippen LogP contribution in [0.2, 0.25) is 0 Å². The van der Waals surface area contributed by atoms with E-state index in [9.17, 15) is 5.11 Å². The maximum absolute atomic E-state index is 9.65. The van der Waals surface area contributed by atoms with Crippen molar-refractivity contribution in [3.05, 3.63) is 59.4 Å². The molecule has 0 aromatic carbocycles. The zero-order chi connectivity index (χ0) is 9.97. The molecule has 0 atom stereocenters. The molecule has 2 aliphatic heterocycles. The second-order valence-electron chi connectivity index (χ2n) is 2.93. The number of ether oxygens (including phenoxy) is 1. The van der Waals surface area contributed by atoms with Gasteiger partial charge in [0.1, 0.15) is 17.2 Å². The van der Waals surface area contributed by atoms with Crippen LogP contribution >= 0.6 is 0 Å². The van der Waals surface area contributed by atoms with E-state index in [1.54, 1.807) is 25.3 Å². The van der Waals surface area contributed by atoms with Gasteiger partial charge in [-0.2, -0.15) is 0 Å². The molecule has 0 unspecified atom stereocenters. The molecule has 2 N–H and O–H groups in total. The van der Waals surface area contributed by atoms with Crippen LogP contribution in [0.5, 0.6) is 0 Å². The molecule has 14 heavy (non-hydrogen) atoms. The molecule has 0 saturated carbocycles. The van der Waals surface area contributed by atoms with Crippen molar-refractivity contribution in [2.75, 3.05) is 7.05 Å². The number of aliphatic hydroxyl groups excluding tert-OH is 1. The minimum atomic E-state index is 0.194. The number of nitrogens with one attached hydrogen (secondary N) is 1. The van der Waals surface area contributed by atoms with E-state index in [0.717, 1.165) is 0 Å². The van der Waals surface area contributed by atoms with Crippen molar-refractivity contribution in [3.8, 4) is 0 Å². The molecule has 0 amide bonds. The first kappa shape index (κ1) is 8.69. The summed E-state index contributed by atoms with van der Waals surface area (Å²) in [6.45, 7) is 0. The Hall–Kier alpha value is -1.90. The number of aliphatic hydroxyl groups is 1. The summed E-state index contributed by atoms with van der Waals surface area (Å²) in [7, 11) is 1.74. The Morgan fingerprint density at radius 3 is 2.93 bits per heavy atom. The summed E-state index contributed by atoms with van der Waals surface area (Å²) in [4.78, 5) is 0. The van der Waals surface area contributed by atoms with Crippen LogP contribution in [0.15, 0.2) is 59.4 Å². The second kappa shape index (κ2) is 3.46. The third-order valence-corrected chi connectivity index (χ3v) is 1.99. The van der Waals surface area contributed by atoms with E-state index in [0.29, 0.717) is 17.2 Å². The Morgan fingerprint density at radius 1 is 1.29 bits per heavy atom. The number of allylic oxidation sites excluding steroid dienone is 6. The summed E-state index contributed by atoms with van der Waals surface area (Å²) in [5.41, 5.74) is 0.605. The molecule has 0 spiro atoms. The molecule has 2 heterocycles. The van der Waals surface area contributed by atoms with Crippen molar-refractivity contribution in [3.63, 3.8) is 0 Å². The molecule has 2 aliphatic rings. The fourth-order valence-electron chi connectivity index (χ4n) is 1.35. The topological polar surface area (TPSA) is 41.5 Å². The molecule has 0 saturated heterocycles. The fraction of sp³-hybridized carbons (Fsp3) is 0.0909. The van der Waals surface area contributed by atoms with Gasteiger partial charge in [0.25, 0.3) is 0 Å². The van der Waals surface area contributed by atoms with Crippen LogP contribution < -0.4 is 5.32 Å². The molecule has 0 fully saturated rings. The van der Waals surface area contributed by atoms with Gasteiger partial charge in [-0.15, -0.1) is 0 Å². The van der Waals surface area contributed by atoms with Gasteiger partial charge in [-0.25, -0.2) is 0 Å². The summed E-state index contributed by atoms with van der Waals surface area (Å²) in [6.07, 6.45) is 10.8. The van der Waals surface area contributed by atoms with Gasteiger partial charge in [0.05, 0.1) is 0 Å². The Kier molecular flexibility index (Phi) is 2.14. The van der Waals surface area contributed by atoms with Crippen LogP contribution in [-0.4, -0.2) is 12.2 Å². The predicted molar refractivity (Wildman–Crippen MR) is 54.2 cm³/mol. The molecule has 0 aromatic heterocycles. The van der Waals surface area contributed by atoms with Crippen LogP contribution in [-0.2, 0) is 4.74 Å². The fourth-order valence-corrected chi connectivity index (χ4v) is 1.35. The number of hydrogen-bond donors (Lipinski definition) is 2. The van der Waals surface area contributed by atoms with Gasteiger partial charge in [-0.05, 0) is 12.2 Å². The molecule has 2 bridgehead atoms. The Balaban J connectivity index is 2.53. The second-order valence-corrected chi connectivity index (χ2v) is 2.93. The maximum Gasteiger partial charge on any atom is 0.154 e. The van der Waals surface area contributed by atoms with Crippen LogP contribution in [0.25, 0.3) is 0 Å². The van der Waals surface area contributed by atoms with Crippen molar-refractivity contribution in [1.29, 1.82) is 0 Å². The molecule has 72 valence electrons. The standard InChI is InChI=1S/C11H11NO2/c1-12-11-9(13)7-8-5-3-2-4-6-10(11)14-8/h2-7,12-13H,1H3. The lowest BCUT2D eigenvalue weighted by Crippen LogP contribution is -2.16. The number of rotatable bonds is 1. The van der Waals surface area contributed by atoms with E-state index in [1.807, 2.05) is 18.2 Å². The molecule has 0 aromatic rings. The first-order valence-corrected chi connectivity index (χ1v) is 4.37. The van der Waals surface area contributed by atoms with Gasteiger partial charge in [0.2, 0.25) is 0 Å². The normalized spacial score (nSPS) is 19.2. The molecule has 0 radical (unpaired) electrons. The average Bonchev–Trinajstić information content (AvgIpc) is 2.13. The van der Waals surface area contributed by atoms with E-state index < -0.39 is 0 Å². The SMILES string of the molecule is CNC1=C2C=CC=CC=C(C=C1O)O2. The van der Waals surface area contributed by atoms with Gasteiger partial charge in [0, 0.05) is 13.1 Å². The van der Waals surface area contributed by atoms with Crippen molar-refractivity contribution < 1.29 is 9.84 Å². The van der Waals surface area contributed by atoms with Gasteiger partial charge < -0.3 is 15.2 Å². The quantitative estimate of drug-likeness (QED) is 0.662. The lowest BCUT2D eigenvalue weighted by molar-refractivity contribution is 0.300. The van der Waals surface area contributed by atoms with Gasteiger partial charge in [0.15, 0.2) is 5.76 Å². The van der Waals surface area contributed by atoms with Crippen molar-refractivity contribution in [2.24, 2.45) is 0 Å². The average molecular weight is 189 g/mol. The highest BCUT2D eigenvalue weighted by Gasteiger charge is 2.16. The summed E-state index contributed by atoms with van der Waals surface area (Å²) in [5, 5.41) is 12.5. The van der Waals surface area contributed by atoms with Crippen LogP contribution in [0.1, 0.15) is 0 Å². The van der Waals surface area contributed by atoms with Crippen LogP contribution in [0, 0.1) is 0 Å². The summed E-state index contributed by atoms with van der Waals surface area (Å²) in [5.74, 6) is 1.46. The molecular formula is C11H11NO2. The van der Waals surface area contributed by atoms with E-state index in [1.165, 1.54) is 0 Å². The van der Waals surface area contributed by atoms with Crippen molar-refractivity contribution >= 4 is 0 Å². The van der Waals surface area contributed by atoms with Crippen LogP contribution in [0.3, 0.4) is 0 Å². The number of fused-ring (bicyclic) bond motifs is 2. The first-order chi connectivity index (χ1) is 6.81. The number of hydrogen-bond acceptors (Lipinski definition) is 3. The van der Waals surface area contributed by atoms with E-state index in [-0.39, 0.29) is 5.76 Å². The summed E-state index contributed by atoms with van der Waals surface area (Å²) >= 11 is 0. The molecule has 3 heteroatoms. The predicted octanol–water partition coefficient (Wildman–Crippen LogP) is 1.90. The zero-order valence-corrected chi connectivity index (χ0v) is 7.82. The molecule has 0 aliphatic carbocycles. The van der Waals surface area contributed by atoms with Crippen molar-refractivity contribution in [2.45, 2.75) is 0 Å². The van der Waals surface area contributed by atoms with Crippen molar-refractivity contribution in [1.82, 2.24) is 5.32 Å². The smallest absolute Gasteiger partial charge is 0.154 e. The van der Waals surface area contributed by atoms with E-state index in [2.05, 4.69) is 5.32 Å². The van der Waals surface area contributed by atoms with Crippen LogP contribution in [0.4, 0.5) is 0 Å². The third kappa shape index (κ3) is 1.44. The summed E-state index contributed by atoms with van der Waals surface area (Å²) < 4.78 is 5.50. The Morgan fingerprint density at radius 2 is 2.14 bits per heavy atom. The zero-order valence-electron chi connectivity index (χ0n) is 7.82. The first-order valence-electron chi connectivity index (χ1n) is 4.37. The molecular weight excluding hydrogens is 178 g/mol. The lowest BCUT2D eigenvalue weighted by atomic mass is 10.2. The van der Waals surface area contributed by atoms with E-state index >= 15 is 0 Å². The third-order valence-electron chi connectivity index (χ3n) is 1.99. The Bertz CT molecular complexity index is 398.